The number of benzene rings is 1. The van der Waals surface area contributed by atoms with Gasteiger partial charge in [0.05, 0.1) is 12.6 Å². The van der Waals surface area contributed by atoms with Crippen LogP contribution in [0.5, 0.6) is 0 Å². The normalized spacial score (nSPS) is 13.3. The molecule has 2 unspecified atom stereocenters. The highest BCUT2D eigenvalue weighted by atomic mass is 16.2. The van der Waals surface area contributed by atoms with E-state index in [1.165, 1.54) is 0 Å². The summed E-state index contributed by atoms with van der Waals surface area (Å²) < 4.78 is 0. The van der Waals surface area contributed by atoms with E-state index in [9.17, 15) is 9.59 Å². The van der Waals surface area contributed by atoms with Crippen LogP contribution in [0.4, 0.5) is 0 Å². The maximum absolute atomic E-state index is 12.0. The van der Waals surface area contributed by atoms with Gasteiger partial charge in [0.2, 0.25) is 11.8 Å². The highest BCUT2D eigenvalue weighted by Gasteiger charge is 2.20. The number of rotatable bonds is 7. The molecule has 0 saturated carbocycles. The molecule has 2 amide bonds. The number of hydrogen-bond acceptors (Lipinski definition) is 3. The third-order valence-electron chi connectivity index (χ3n) is 3.66. The first-order chi connectivity index (χ1) is 9.95. The van der Waals surface area contributed by atoms with E-state index in [0.29, 0.717) is 6.54 Å². The number of carbonyl (C=O) groups excluding carboxylic acids is 2. The Kier molecular flexibility index (Phi) is 6.88. The summed E-state index contributed by atoms with van der Waals surface area (Å²) in [4.78, 5) is 25.4. The molecule has 0 aliphatic carbocycles. The Bertz CT molecular complexity index is 462. The summed E-state index contributed by atoms with van der Waals surface area (Å²) in [7, 11) is 1.72. The van der Waals surface area contributed by atoms with Crippen molar-refractivity contribution < 1.29 is 9.59 Å². The smallest absolute Gasteiger partial charge is 0.242 e. The van der Waals surface area contributed by atoms with Crippen LogP contribution in [0.2, 0.25) is 0 Å². The molecule has 5 heteroatoms. The molecule has 0 heterocycles. The molecule has 0 radical (unpaired) electrons. The standard InChI is InChI=1S/C16H25N3O2/c1-4-12(2)15(17)16(21)18-10-14(20)19(3)11-13-8-6-5-7-9-13/h5-9,12,15H,4,10-11,17H2,1-3H3,(H,18,21). The lowest BCUT2D eigenvalue weighted by Gasteiger charge is -2.20. The molecule has 0 spiro atoms. The Balaban J connectivity index is 2.41. The van der Waals surface area contributed by atoms with E-state index in [1.807, 2.05) is 44.2 Å². The van der Waals surface area contributed by atoms with Crippen LogP contribution in [-0.2, 0) is 16.1 Å². The first-order valence-corrected chi connectivity index (χ1v) is 7.26. The fraction of sp³-hybridized carbons (Fsp3) is 0.500. The van der Waals surface area contributed by atoms with E-state index < -0.39 is 6.04 Å². The molecular formula is C16H25N3O2. The average molecular weight is 291 g/mol. The largest absolute Gasteiger partial charge is 0.346 e. The van der Waals surface area contributed by atoms with Gasteiger partial charge in [0, 0.05) is 13.6 Å². The van der Waals surface area contributed by atoms with Gasteiger partial charge < -0.3 is 16.0 Å². The molecule has 1 aromatic rings. The molecule has 0 aliphatic heterocycles. The minimum absolute atomic E-state index is 0.0215. The third-order valence-corrected chi connectivity index (χ3v) is 3.66. The van der Waals surface area contributed by atoms with E-state index in [0.717, 1.165) is 12.0 Å². The molecule has 2 atom stereocenters. The van der Waals surface area contributed by atoms with Crippen molar-refractivity contribution in [2.24, 2.45) is 11.7 Å². The fourth-order valence-corrected chi connectivity index (χ4v) is 1.87. The number of carbonyl (C=O) groups is 2. The molecule has 3 N–H and O–H groups in total. The van der Waals surface area contributed by atoms with Gasteiger partial charge in [-0.1, -0.05) is 50.6 Å². The molecule has 5 nitrogen and oxygen atoms in total. The van der Waals surface area contributed by atoms with Gasteiger partial charge in [0.15, 0.2) is 0 Å². The lowest BCUT2D eigenvalue weighted by Crippen LogP contribution is -2.47. The van der Waals surface area contributed by atoms with Crippen molar-refractivity contribution >= 4 is 11.8 Å². The maximum Gasteiger partial charge on any atom is 0.242 e. The SMILES string of the molecule is CCC(C)C(N)C(=O)NCC(=O)N(C)Cc1ccccc1. The van der Waals surface area contributed by atoms with E-state index in [1.54, 1.807) is 11.9 Å². The monoisotopic (exact) mass is 291 g/mol. The zero-order valence-corrected chi connectivity index (χ0v) is 13.0. The predicted octanol–water partition coefficient (Wildman–Crippen LogP) is 1.13. The molecule has 116 valence electrons. The number of nitrogens with two attached hydrogens (primary N) is 1. The molecule has 0 aliphatic rings. The van der Waals surface area contributed by atoms with Crippen molar-refractivity contribution in [3.8, 4) is 0 Å². The Labute approximate surface area is 126 Å². The minimum atomic E-state index is -0.567. The average Bonchev–Trinajstić information content (AvgIpc) is 2.51. The van der Waals surface area contributed by atoms with E-state index in [2.05, 4.69) is 5.32 Å². The van der Waals surface area contributed by atoms with Gasteiger partial charge in [-0.2, -0.15) is 0 Å². The number of amides is 2. The highest BCUT2D eigenvalue weighted by Crippen LogP contribution is 2.05. The van der Waals surface area contributed by atoms with Gasteiger partial charge in [-0.25, -0.2) is 0 Å². The zero-order chi connectivity index (χ0) is 15.8. The third kappa shape index (κ3) is 5.55. The van der Waals surface area contributed by atoms with Crippen LogP contribution in [0.25, 0.3) is 0 Å². The quantitative estimate of drug-likeness (QED) is 0.791. The Morgan fingerprint density at radius 1 is 1.29 bits per heavy atom. The first kappa shape index (κ1) is 17.2. The van der Waals surface area contributed by atoms with Gasteiger partial charge in [-0.3, -0.25) is 9.59 Å². The molecule has 0 fully saturated rings. The lowest BCUT2D eigenvalue weighted by atomic mass is 9.99. The zero-order valence-electron chi connectivity index (χ0n) is 13.0. The van der Waals surface area contributed by atoms with Crippen LogP contribution in [0.15, 0.2) is 30.3 Å². The van der Waals surface area contributed by atoms with E-state index in [4.69, 9.17) is 5.73 Å². The van der Waals surface area contributed by atoms with Crippen molar-refractivity contribution in [1.82, 2.24) is 10.2 Å². The second-order valence-electron chi connectivity index (χ2n) is 5.36. The predicted molar refractivity (Wildman–Crippen MR) is 83.4 cm³/mol. The Morgan fingerprint density at radius 2 is 1.90 bits per heavy atom. The van der Waals surface area contributed by atoms with Crippen molar-refractivity contribution in [1.29, 1.82) is 0 Å². The minimum Gasteiger partial charge on any atom is -0.346 e. The number of likely N-dealkylation sites (N-methyl/N-ethyl adjacent to an activating group) is 1. The Hall–Kier alpha value is -1.88. The molecular weight excluding hydrogens is 266 g/mol. The van der Waals surface area contributed by atoms with Crippen LogP contribution in [-0.4, -0.2) is 36.3 Å². The van der Waals surface area contributed by atoms with Crippen molar-refractivity contribution in [3.63, 3.8) is 0 Å². The van der Waals surface area contributed by atoms with Crippen LogP contribution in [0.3, 0.4) is 0 Å². The van der Waals surface area contributed by atoms with E-state index in [-0.39, 0.29) is 24.3 Å². The maximum atomic E-state index is 12.0. The molecule has 0 saturated heterocycles. The second kappa shape index (κ2) is 8.42. The van der Waals surface area contributed by atoms with E-state index >= 15 is 0 Å². The lowest BCUT2D eigenvalue weighted by molar-refractivity contribution is -0.132. The summed E-state index contributed by atoms with van der Waals surface area (Å²) in [6, 6.07) is 9.15. The molecule has 0 bridgehead atoms. The van der Waals surface area contributed by atoms with Gasteiger partial charge >= 0.3 is 0 Å². The molecule has 0 aromatic heterocycles. The van der Waals surface area contributed by atoms with Crippen LogP contribution in [0.1, 0.15) is 25.8 Å². The summed E-state index contributed by atoms with van der Waals surface area (Å²) in [5, 5.41) is 2.61. The van der Waals surface area contributed by atoms with Gasteiger partial charge in [-0.05, 0) is 11.5 Å². The molecule has 1 aromatic carbocycles. The number of hydrogen-bond donors (Lipinski definition) is 2. The summed E-state index contributed by atoms with van der Waals surface area (Å²) in [5.41, 5.74) is 6.87. The molecule has 1 rings (SSSR count). The van der Waals surface area contributed by atoms with Crippen molar-refractivity contribution in [2.45, 2.75) is 32.9 Å². The first-order valence-electron chi connectivity index (χ1n) is 7.26. The number of nitrogens with one attached hydrogen (secondary N) is 1. The Morgan fingerprint density at radius 3 is 2.48 bits per heavy atom. The topological polar surface area (TPSA) is 75.4 Å². The van der Waals surface area contributed by atoms with Gasteiger partial charge in [-0.15, -0.1) is 0 Å². The summed E-state index contributed by atoms with van der Waals surface area (Å²) in [6.45, 7) is 4.41. The number of nitrogens with zero attached hydrogens (tertiary/aromatic N) is 1. The van der Waals surface area contributed by atoms with Crippen LogP contribution in [0, 0.1) is 5.92 Å². The highest BCUT2D eigenvalue weighted by molar-refractivity contribution is 5.87. The van der Waals surface area contributed by atoms with Gasteiger partial charge in [0.25, 0.3) is 0 Å². The summed E-state index contributed by atoms with van der Waals surface area (Å²) in [6.07, 6.45) is 0.830. The van der Waals surface area contributed by atoms with Crippen LogP contribution < -0.4 is 11.1 Å². The van der Waals surface area contributed by atoms with Crippen molar-refractivity contribution in [2.75, 3.05) is 13.6 Å². The second-order valence-corrected chi connectivity index (χ2v) is 5.36. The van der Waals surface area contributed by atoms with Crippen LogP contribution >= 0.6 is 0 Å². The molecule has 21 heavy (non-hydrogen) atoms. The van der Waals surface area contributed by atoms with Crippen molar-refractivity contribution in [3.05, 3.63) is 35.9 Å². The fourth-order valence-electron chi connectivity index (χ4n) is 1.87. The summed E-state index contributed by atoms with van der Waals surface area (Å²) in [5.74, 6) is -0.309. The van der Waals surface area contributed by atoms with Gasteiger partial charge in [0.1, 0.15) is 0 Å². The summed E-state index contributed by atoms with van der Waals surface area (Å²) >= 11 is 0.